The lowest BCUT2D eigenvalue weighted by atomic mass is 10.1. The Hall–Kier alpha value is -5.12. The fourth-order valence-corrected chi connectivity index (χ4v) is 5.38. The maximum absolute atomic E-state index is 13.6. The van der Waals surface area contributed by atoms with Crippen molar-refractivity contribution in [1.82, 2.24) is 19.3 Å². The third kappa shape index (κ3) is 4.85. The van der Waals surface area contributed by atoms with Crippen molar-refractivity contribution in [2.24, 2.45) is 0 Å². The molecule has 0 bridgehead atoms. The standard InChI is InChI=1S/C32H31N5O5/c1-19-8-11-22(12-9-19)37-32(39)29(25-7-5-6-14-36(25)37)30(38)35-21-10-13-26(20(2)15-21)42-31-23-16-27(40-3)28(41-4)17-24(23)33-18-34-31/h8-13,15-18H,5-7,14H2,1-4H3,(H,35,38). The van der Waals surface area contributed by atoms with Gasteiger partial charge in [0.25, 0.3) is 11.5 Å². The number of hydrogen-bond acceptors (Lipinski definition) is 7. The molecule has 3 aromatic carbocycles. The predicted octanol–water partition coefficient (Wildman–Crippen LogP) is 5.60. The van der Waals surface area contributed by atoms with Crippen LogP contribution in [0.15, 0.2) is 65.7 Å². The molecule has 214 valence electrons. The van der Waals surface area contributed by atoms with E-state index in [2.05, 4.69) is 15.3 Å². The number of benzene rings is 3. The largest absolute Gasteiger partial charge is 0.493 e. The van der Waals surface area contributed by atoms with Crippen molar-refractivity contribution in [3.8, 4) is 28.8 Å². The lowest BCUT2D eigenvalue weighted by molar-refractivity contribution is 0.102. The molecule has 3 heterocycles. The summed E-state index contributed by atoms with van der Waals surface area (Å²) in [5, 5.41) is 3.60. The molecule has 0 aliphatic carbocycles. The lowest BCUT2D eigenvalue weighted by Crippen LogP contribution is -2.26. The van der Waals surface area contributed by atoms with E-state index in [1.165, 1.54) is 6.33 Å². The number of ether oxygens (including phenoxy) is 3. The highest BCUT2D eigenvalue weighted by molar-refractivity contribution is 6.05. The van der Waals surface area contributed by atoms with Crippen LogP contribution in [0.25, 0.3) is 16.6 Å². The minimum atomic E-state index is -0.424. The smallest absolute Gasteiger partial charge is 0.284 e. The monoisotopic (exact) mass is 565 g/mol. The Morgan fingerprint density at radius 2 is 1.67 bits per heavy atom. The van der Waals surface area contributed by atoms with Crippen LogP contribution < -0.4 is 25.1 Å². The van der Waals surface area contributed by atoms with Gasteiger partial charge in [0.1, 0.15) is 17.6 Å². The number of aryl methyl sites for hydroxylation is 2. The van der Waals surface area contributed by atoms with Gasteiger partial charge in [-0.1, -0.05) is 17.7 Å². The summed E-state index contributed by atoms with van der Waals surface area (Å²) in [6.45, 7) is 4.57. The third-order valence-corrected chi connectivity index (χ3v) is 7.53. The molecule has 2 aromatic heterocycles. The number of carbonyl (C=O) groups is 1. The highest BCUT2D eigenvalue weighted by Gasteiger charge is 2.28. The number of aromatic nitrogens is 4. The lowest BCUT2D eigenvalue weighted by Gasteiger charge is -2.19. The average molecular weight is 566 g/mol. The van der Waals surface area contributed by atoms with Crippen molar-refractivity contribution >= 4 is 22.5 Å². The second kappa shape index (κ2) is 11.0. The number of nitrogens with zero attached hydrogens (tertiary/aromatic N) is 4. The number of carbonyl (C=O) groups excluding carboxylic acids is 1. The SMILES string of the molecule is COc1cc2ncnc(Oc3ccc(NC(=O)c4c5n(n(-c6ccc(C)cc6)c4=O)CCCC5)cc3C)c2cc1OC. The molecule has 0 spiro atoms. The number of methoxy groups -OCH3 is 2. The molecule has 0 atom stereocenters. The molecule has 42 heavy (non-hydrogen) atoms. The maximum atomic E-state index is 13.6. The molecule has 0 fully saturated rings. The van der Waals surface area contributed by atoms with Gasteiger partial charge in [-0.2, -0.15) is 0 Å². The van der Waals surface area contributed by atoms with E-state index in [4.69, 9.17) is 14.2 Å². The molecule has 0 saturated carbocycles. The first-order valence-electron chi connectivity index (χ1n) is 13.8. The molecule has 1 aliphatic rings. The van der Waals surface area contributed by atoms with E-state index in [0.717, 1.165) is 35.3 Å². The van der Waals surface area contributed by atoms with Gasteiger partial charge in [-0.15, -0.1) is 0 Å². The molecule has 1 amide bonds. The second-order valence-electron chi connectivity index (χ2n) is 10.3. The van der Waals surface area contributed by atoms with Gasteiger partial charge >= 0.3 is 0 Å². The first kappa shape index (κ1) is 27.1. The van der Waals surface area contributed by atoms with Crippen molar-refractivity contribution < 1.29 is 19.0 Å². The van der Waals surface area contributed by atoms with Gasteiger partial charge < -0.3 is 19.5 Å². The van der Waals surface area contributed by atoms with E-state index in [-0.39, 0.29) is 11.1 Å². The zero-order valence-electron chi connectivity index (χ0n) is 23.9. The summed E-state index contributed by atoms with van der Waals surface area (Å²) < 4.78 is 20.6. The van der Waals surface area contributed by atoms with Gasteiger partial charge in [0.15, 0.2) is 11.5 Å². The Balaban J connectivity index is 1.28. The van der Waals surface area contributed by atoms with Crippen molar-refractivity contribution in [2.45, 2.75) is 39.7 Å². The minimum Gasteiger partial charge on any atom is -0.493 e. The topological polar surface area (TPSA) is 110 Å². The number of anilines is 1. The summed E-state index contributed by atoms with van der Waals surface area (Å²) in [7, 11) is 3.13. The van der Waals surface area contributed by atoms with Gasteiger partial charge in [-0.05, 0) is 75.1 Å². The van der Waals surface area contributed by atoms with Crippen molar-refractivity contribution in [2.75, 3.05) is 19.5 Å². The van der Waals surface area contributed by atoms with E-state index in [1.54, 1.807) is 49.2 Å². The normalized spacial score (nSPS) is 12.6. The Labute approximate surface area is 242 Å². The van der Waals surface area contributed by atoms with Crippen molar-refractivity contribution in [1.29, 1.82) is 0 Å². The minimum absolute atomic E-state index is 0.185. The predicted molar refractivity (Wildman–Crippen MR) is 160 cm³/mol. The first-order chi connectivity index (χ1) is 20.4. The van der Waals surface area contributed by atoms with Crippen LogP contribution in [0.3, 0.4) is 0 Å². The maximum Gasteiger partial charge on any atom is 0.284 e. The van der Waals surface area contributed by atoms with Crippen LogP contribution in [0.4, 0.5) is 5.69 Å². The summed E-state index contributed by atoms with van der Waals surface area (Å²) in [5.41, 5.74) is 4.47. The first-order valence-corrected chi connectivity index (χ1v) is 13.8. The molecule has 0 radical (unpaired) electrons. The molecule has 0 unspecified atom stereocenters. The molecule has 1 aliphatic heterocycles. The summed E-state index contributed by atoms with van der Waals surface area (Å²) >= 11 is 0. The summed E-state index contributed by atoms with van der Waals surface area (Å²) in [6.07, 6.45) is 3.98. The fraction of sp³-hybridized carbons (Fsp3) is 0.250. The highest BCUT2D eigenvalue weighted by atomic mass is 16.5. The van der Waals surface area contributed by atoms with Crippen LogP contribution in [0.5, 0.6) is 23.1 Å². The molecule has 10 nitrogen and oxygen atoms in total. The van der Waals surface area contributed by atoms with Gasteiger partial charge in [-0.25, -0.2) is 14.6 Å². The van der Waals surface area contributed by atoms with Crippen LogP contribution >= 0.6 is 0 Å². The highest BCUT2D eigenvalue weighted by Crippen LogP contribution is 2.36. The van der Waals surface area contributed by atoms with Crippen molar-refractivity contribution in [3.05, 3.63) is 93.7 Å². The summed E-state index contributed by atoms with van der Waals surface area (Å²) in [6, 6.07) is 16.6. The van der Waals surface area contributed by atoms with Gasteiger partial charge in [0.05, 0.1) is 36.5 Å². The van der Waals surface area contributed by atoms with Crippen molar-refractivity contribution in [3.63, 3.8) is 0 Å². The Bertz CT molecular complexity index is 1870. The van der Waals surface area contributed by atoms with E-state index >= 15 is 0 Å². The quantitative estimate of drug-likeness (QED) is 0.274. The van der Waals surface area contributed by atoms with E-state index in [1.807, 2.05) is 42.8 Å². The van der Waals surface area contributed by atoms with E-state index < -0.39 is 5.91 Å². The average Bonchev–Trinajstić information content (AvgIpc) is 3.30. The fourth-order valence-electron chi connectivity index (χ4n) is 5.38. The molecule has 5 aromatic rings. The number of nitrogens with one attached hydrogen (secondary N) is 1. The molecular weight excluding hydrogens is 534 g/mol. The Morgan fingerprint density at radius 1 is 0.905 bits per heavy atom. The van der Waals surface area contributed by atoms with Gasteiger partial charge in [0, 0.05) is 18.3 Å². The van der Waals surface area contributed by atoms with Crippen LogP contribution in [-0.2, 0) is 13.0 Å². The Morgan fingerprint density at radius 3 is 2.40 bits per heavy atom. The molecular formula is C32H31N5O5. The number of fused-ring (bicyclic) bond motifs is 2. The molecule has 10 heteroatoms. The van der Waals surface area contributed by atoms with Crippen LogP contribution in [0, 0.1) is 13.8 Å². The third-order valence-electron chi connectivity index (χ3n) is 7.53. The summed E-state index contributed by atoms with van der Waals surface area (Å²) in [4.78, 5) is 35.8. The van der Waals surface area contributed by atoms with Crippen LogP contribution in [0.1, 0.15) is 40.0 Å². The second-order valence-corrected chi connectivity index (χ2v) is 10.3. The van der Waals surface area contributed by atoms with Gasteiger partial charge in [-0.3, -0.25) is 14.3 Å². The van der Waals surface area contributed by atoms with Gasteiger partial charge in [0.2, 0.25) is 5.88 Å². The van der Waals surface area contributed by atoms with Crippen LogP contribution in [-0.4, -0.2) is 39.5 Å². The number of amides is 1. The number of hydrogen-bond donors (Lipinski definition) is 1. The van der Waals surface area contributed by atoms with E-state index in [9.17, 15) is 9.59 Å². The zero-order chi connectivity index (χ0) is 29.4. The molecule has 1 N–H and O–H groups in total. The molecule has 0 saturated heterocycles. The Kier molecular flexibility index (Phi) is 7.12. The van der Waals surface area contributed by atoms with E-state index in [0.29, 0.717) is 52.7 Å². The zero-order valence-corrected chi connectivity index (χ0v) is 23.9. The van der Waals surface area contributed by atoms with Crippen LogP contribution in [0.2, 0.25) is 0 Å². The number of rotatable bonds is 7. The summed E-state index contributed by atoms with van der Waals surface area (Å²) in [5.74, 6) is 1.59. The molecule has 6 rings (SSSR count).